The molecule has 0 amide bonds. The predicted octanol–water partition coefficient (Wildman–Crippen LogP) is 6.11. The molecule has 21 heavy (non-hydrogen) atoms. The number of halogens is 2. The minimum atomic E-state index is 0.000237. The maximum Gasteiger partial charge on any atom is 0.141 e. The van der Waals surface area contributed by atoms with Crippen LogP contribution in [0.15, 0.2) is 16.6 Å². The monoisotopic (exact) mass is 374 g/mol. The van der Waals surface area contributed by atoms with Gasteiger partial charge in [-0.05, 0) is 40.8 Å². The van der Waals surface area contributed by atoms with Crippen LogP contribution in [0.1, 0.15) is 55.9 Å². The van der Waals surface area contributed by atoms with Crippen LogP contribution in [0.4, 0.5) is 0 Å². The summed E-state index contributed by atoms with van der Waals surface area (Å²) in [6, 6.07) is 4.00. The summed E-state index contributed by atoms with van der Waals surface area (Å²) in [4.78, 5) is 0. The van der Waals surface area contributed by atoms with Gasteiger partial charge in [-0.3, -0.25) is 0 Å². The van der Waals surface area contributed by atoms with E-state index in [-0.39, 0.29) is 5.38 Å². The first-order valence-corrected chi connectivity index (χ1v) is 8.96. The van der Waals surface area contributed by atoms with E-state index in [0.29, 0.717) is 5.92 Å². The Bertz CT molecular complexity index is 456. The lowest BCUT2D eigenvalue weighted by molar-refractivity contribution is 0.353. The average Bonchev–Trinajstić information content (AvgIpc) is 2.46. The van der Waals surface area contributed by atoms with Gasteiger partial charge in [-0.25, -0.2) is 0 Å². The third kappa shape index (κ3) is 4.07. The fourth-order valence-electron chi connectivity index (χ4n) is 3.17. The van der Waals surface area contributed by atoms with Crippen molar-refractivity contribution < 1.29 is 9.47 Å². The molecule has 0 N–H and O–H groups in total. The highest BCUT2D eigenvalue weighted by Crippen LogP contribution is 2.46. The zero-order valence-electron chi connectivity index (χ0n) is 12.8. The quantitative estimate of drug-likeness (QED) is 0.591. The molecule has 1 aromatic rings. The summed E-state index contributed by atoms with van der Waals surface area (Å²) >= 11 is 10.4. The molecule has 1 aliphatic rings. The zero-order chi connectivity index (χ0) is 15.2. The molecular formula is C17H24BrClO2. The number of alkyl halides is 1. The minimum Gasteiger partial charge on any atom is -0.495 e. The van der Waals surface area contributed by atoms with Gasteiger partial charge in [0.15, 0.2) is 0 Å². The number of ether oxygens (including phenoxy) is 2. The molecule has 1 fully saturated rings. The van der Waals surface area contributed by atoms with Crippen LogP contribution in [-0.4, -0.2) is 14.2 Å². The summed E-state index contributed by atoms with van der Waals surface area (Å²) in [5.74, 6) is 2.11. The van der Waals surface area contributed by atoms with Gasteiger partial charge >= 0.3 is 0 Å². The van der Waals surface area contributed by atoms with Gasteiger partial charge in [-0.1, -0.05) is 38.2 Å². The van der Waals surface area contributed by atoms with Crippen molar-refractivity contribution in [3.8, 4) is 11.5 Å². The molecule has 2 nitrogen and oxygen atoms in total. The van der Waals surface area contributed by atoms with Gasteiger partial charge in [0.2, 0.25) is 0 Å². The number of methoxy groups -OCH3 is 2. The van der Waals surface area contributed by atoms with E-state index in [1.54, 1.807) is 14.2 Å². The van der Waals surface area contributed by atoms with Gasteiger partial charge in [0.05, 0.1) is 19.6 Å². The van der Waals surface area contributed by atoms with E-state index in [2.05, 4.69) is 15.9 Å². The van der Waals surface area contributed by atoms with Crippen molar-refractivity contribution in [2.24, 2.45) is 5.92 Å². The summed E-state index contributed by atoms with van der Waals surface area (Å²) in [7, 11) is 3.34. The second-order valence-corrected chi connectivity index (χ2v) is 6.97. The van der Waals surface area contributed by atoms with Gasteiger partial charge in [0.1, 0.15) is 16.0 Å². The molecule has 0 aliphatic heterocycles. The second-order valence-electron chi connectivity index (χ2n) is 5.71. The SMILES string of the molecule is COc1ccc(C(Cl)C2CCCCCCC2)c(OC)c1Br. The number of hydrogen-bond donors (Lipinski definition) is 0. The molecule has 0 bridgehead atoms. The Balaban J connectivity index is 2.24. The van der Waals surface area contributed by atoms with E-state index in [0.717, 1.165) is 21.5 Å². The first-order chi connectivity index (χ1) is 10.2. The molecule has 1 saturated carbocycles. The summed E-state index contributed by atoms with van der Waals surface area (Å²) < 4.78 is 11.8. The van der Waals surface area contributed by atoms with E-state index in [9.17, 15) is 0 Å². The molecule has 1 aromatic carbocycles. The van der Waals surface area contributed by atoms with E-state index < -0.39 is 0 Å². The van der Waals surface area contributed by atoms with Crippen LogP contribution < -0.4 is 9.47 Å². The van der Waals surface area contributed by atoms with Gasteiger partial charge in [-0.2, -0.15) is 0 Å². The molecule has 0 saturated heterocycles. The first-order valence-electron chi connectivity index (χ1n) is 7.73. The third-order valence-electron chi connectivity index (χ3n) is 4.38. The molecule has 4 heteroatoms. The summed E-state index contributed by atoms with van der Waals surface area (Å²) in [5.41, 5.74) is 1.07. The lowest BCUT2D eigenvalue weighted by atomic mass is 9.86. The standard InChI is InChI=1S/C17H24BrClO2/c1-20-14-11-10-13(17(21-2)15(14)18)16(19)12-8-6-4-3-5-7-9-12/h10-12,16H,3-9H2,1-2H3. The normalized spacial score (nSPS) is 18.7. The Kier molecular flexibility index (Phi) is 6.69. The summed E-state index contributed by atoms with van der Waals surface area (Å²) in [6.45, 7) is 0. The van der Waals surface area contributed by atoms with Crippen molar-refractivity contribution in [2.45, 2.75) is 50.3 Å². The Morgan fingerprint density at radius 1 is 1.05 bits per heavy atom. The molecule has 0 spiro atoms. The molecule has 1 atom stereocenters. The smallest absolute Gasteiger partial charge is 0.141 e. The number of rotatable bonds is 4. The van der Waals surface area contributed by atoms with Crippen molar-refractivity contribution in [1.29, 1.82) is 0 Å². The Morgan fingerprint density at radius 2 is 1.67 bits per heavy atom. The van der Waals surface area contributed by atoms with Gasteiger partial charge < -0.3 is 9.47 Å². The zero-order valence-corrected chi connectivity index (χ0v) is 15.2. The van der Waals surface area contributed by atoms with Crippen LogP contribution >= 0.6 is 27.5 Å². The molecule has 1 unspecified atom stereocenters. The number of benzene rings is 1. The summed E-state index contributed by atoms with van der Waals surface area (Å²) in [6.07, 6.45) is 9.03. The van der Waals surface area contributed by atoms with E-state index in [1.807, 2.05) is 12.1 Å². The van der Waals surface area contributed by atoms with Crippen molar-refractivity contribution >= 4 is 27.5 Å². The van der Waals surface area contributed by atoms with E-state index in [4.69, 9.17) is 21.1 Å². The van der Waals surface area contributed by atoms with Gasteiger partial charge in [-0.15, -0.1) is 11.6 Å². The van der Waals surface area contributed by atoms with Crippen LogP contribution in [0.25, 0.3) is 0 Å². The molecule has 0 aromatic heterocycles. The summed E-state index contributed by atoms with van der Waals surface area (Å²) in [5, 5.41) is 0.000237. The second kappa shape index (κ2) is 8.28. The Labute approximate surface area is 141 Å². The van der Waals surface area contributed by atoms with Crippen molar-refractivity contribution in [3.63, 3.8) is 0 Å². The lowest BCUT2D eigenvalue weighted by Crippen LogP contribution is -2.11. The molecule has 0 radical (unpaired) electrons. The molecular weight excluding hydrogens is 352 g/mol. The highest BCUT2D eigenvalue weighted by molar-refractivity contribution is 9.10. The number of hydrogen-bond acceptors (Lipinski definition) is 2. The molecule has 1 aliphatic carbocycles. The molecule has 0 heterocycles. The highest BCUT2D eigenvalue weighted by Gasteiger charge is 2.26. The lowest BCUT2D eigenvalue weighted by Gasteiger charge is -2.26. The van der Waals surface area contributed by atoms with Gasteiger partial charge in [0.25, 0.3) is 0 Å². The van der Waals surface area contributed by atoms with Crippen LogP contribution in [0.5, 0.6) is 11.5 Å². The van der Waals surface area contributed by atoms with Crippen molar-refractivity contribution in [2.75, 3.05) is 14.2 Å². The van der Waals surface area contributed by atoms with Crippen molar-refractivity contribution in [3.05, 3.63) is 22.2 Å². The van der Waals surface area contributed by atoms with E-state index in [1.165, 1.54) is 44.9 Å². The fraction of sp³-hybridized carbons (Fsp3) is 0.647. The fourth-order valence-corrected chi connectivity index (χ4v) is 4.28. The van der Waals surface area contributed by atoms with Crippen LogP contribution in [0.2, 0.25) is 0 Å². The Morgan fingerprint density at radius 3 is 2.24 bits per heavy atom. The molecule has 2 rings (SSSR count). The predicted molar refractivity (Wildman–Crippen MR) is 91.6 cm³/mol. The van der Waals surface area contributed by atoms with Crippen LogP contribution in [-0.2, 0) is 0 Å². The van der Waals surface area contributed by atoms with Gasteiger partial charge in [0, 0.05) is 5.56 Å². The van der Waals surface area contributed by atoms with Crippen LogP contribution in [0, 0.1) is 5.92 Å². The van der Waals surface area contributed by atoms with E-state index >= 15 is 0 Å². The molecule has 118 valence electrons. The third-order valence-corrected chi connectivity index (χ3v) is 5.72. The van der Waals surface area contributed by atoms with Crippen molar-refractivity contribution in [1.82, 2.24) is 0 Å². The minimum absolute atomic E-state index is 0.000237. The maximum absolute atomic E-state index is 6.82. The Hall–Kier alpha value is -0.410. The maximum atomic E-state index is 6.82. The average molecular weight is 376 g/mol. The highest BCUT2D eigenvalue weighted by atomic mass is 79.9. The largest absolute Gasteiger partial charge is 0.495 e. The van der Waals surface area contributed by atoms with Crippen LogP contribution in [0.3, 0.4) is 0 Å². The topological polar surface area (TPSA) is 18.5 Å². The first kappa shape index (κ1) is 17.0.